The van der Waals surface area contributed by atoms with Crippen molar-refractivity contribution in [1.29, 1.82) is 0 Å². The first-order valence-electron chi connectivity index (χ1n) is 7.18. The molecular formula is C15H20Cl2N4. The normalized spacial score (nSPS) is 21.2. The molecule has 0 radical (unpaired) electrons. The molecular weight excluding hydrogens is 307 g/mol. The number of para-hydroxylation sites is 1. The van der Waals surface area contributed by atoms with Crippen molar-refractivity contribution in [3.05, 3.63) is 29.0 Å². The van der Waals surface area contributed by atoms with E-state index in [1.807, 2.05) is 18.2 Å². The minimum absolute atomic E-state index is 0.400. The number of imidazole rings is 1. The maximum Gasteiger partial charge on any atom is 0.124 e. The lowest BCUT2D eigenvalue weighted by molar-refractivity contribution is 0.103. The van der Waals surface area contributed by atoms with Crippen LogP contribution < -0.4 is 0 Å². The van der Waals surface area contributed by atoms with Crippen LogP contribution in [0.2, 0.25) is 5.02 Å². The summed E-state index contributed by atoms with van der Waals surface area (Å²) in [5.74, 6) is 1.29. The van der Waals surface area contributed by atoms with Crippen molar-refractivity contribution in [3.8, 4) is 0 Å². The van der Waals surface area contributed by atoms with E-state index in [1.165, 1.54) is 0 Å². The average molecular weight is 327 g/mol. The topological polar surface area (TPSA) is 24.3 Å². The number of halogens is 2. The van der Waals surface area contributed by atoms with Gasteiger partial charge >= 0.3 is 0 Å². The van der Waals surface area contributed by atoms with Crippen LogP contribution in [0.3, 0.4) is 0 Å². The molecule has 1 saturated heterocycles. The molecule has 2 aromatic rings. The van der Waals surface area contributed by atoms with Gasteiger partial charge in [-0.1, -0.05) is 17.7 Å². The quantitative estimate of drug-likeness (QED) is 0.810. The van der Waals surface area contributed by atoms with Crippen LogP contribution in [0, 0.1) is 0 Å². The van der Waals surface area contributed by atoms with Crippen molar-refractivity contribution >= 4 is 34.2 Å². The van der Waals surface area contributed by atoms with Gasteiger partial charge < -0.3 is 9.47 Å². The first-order valence-corrected chi connectivity index (χ1v) is 8.09. The Balaban J connectivity index is 1.99. The number of nitrogens with zero attached hydrogens (tertiary/aromatic N) is 4. The molecule has 114 valence electrons. The molecule has 6 heteroatoms. The molecule has 3 rings (SSSR count). The van der Waals surface area contributed by atoms with Gasteiger partial charge in [0, 0.05) is 32.2 Å². The van der Waals surface area contributed by atoms with Crippen LogP contribution in [0.4, 0.5) is 0 Å². The Bertz CT molecular complexity index is 640. The van der Waals surface area contributed by atoms with Crippen molar-refractivity contribution < 1.29 is 0 Å². The van der Waals surface area contributed by atoms with E-state index in [4.69, 9.17) is 23.2 Å². The number of alkyl halides is 1. The molecule has 4 nitrogen and oxygen atoms in total. The highest BCUT2D eigenvalue weighted by Gasteiger charge is 2.24. The molecule has 0 spiro atoms. The van der Waals surface area contributed by atoms with Gasteiger partial charge in [-0.05, 0) is 26.2 Å². The zero-order chi connectivity index (χ0) is 15.0. The molecule has 0 N–H and O–H groups in total. The van der Waals surface area contributed by atoms with Gasteiger partial charge in [-0.2, -0.15) is 0 Å². The molecule has 1 unspecified atom stereocenters. The maximum absolute atomic E-state index is 6.39. The van der Waals surface area contributed by atoms with E-state index in [-0.39, 0.29) is 0 Å². The Morgan fingerprint density at radius 2 is 2.10 bits per heavy atom. The van der Waals surface area contributed by atoms with E-state index in [0.29, 0.717) is 11.9 Å². The number of aromatic nitrogens is 2. The van der Waals surface area contributed by atoms with Crippen LogP contribution in [-0.2, 0) is 12.4 Å². The predicted molar refractivity (Wildman–Crippen MR) is 88.2 cm³/mol. The highest BCUT2D eigenvalue weighted by Crippen LogP contribution is 2.26. The van der Waals surface area contributed by atoms with Crippen LogP contribution in [-0.4, -0.2) is 59.1 Å². The summed E-state index contributed by atoms with van der Waals surface area (Å²) in [4.78, 5) is 9.39. The van der Waals surface area contributed by atoms with Crippen molar-refractivity contribution in [1.82, 2.24) is 19.4 Å². The minimum atomic E-state index is 0.400. The van der Waals surface area contributed by atoms with Gasteiger partial charge in [-0.25, -0.2) is 4.98 Å². The maximum atomic E-state index is 6.39. The standard InChI is InChI=1S/C15H20Cl2N4/c1-19-6-7-20(2)11(9-19)10-21-14(8-16)18-13-5-3-4-12(17)15(13)21/h3-5,11H,6-10H2,1-2H3. The number of fused-ring (bicyclic) bond motifs is 1. The third-order valence-corrected chi connectivity index (χ3v) is 4.83. The Kier molecular flexibility index (Phi) is 4.41. The largest absolute Gasteiger partial charge is 0.324 e. The van der Waals surface area contributed by atoms with Crippen molar-refractivity contribution in [2.75, 3.05) is 33.7 Å². The summed E-state index contributed by atoms with van der Waals surface area (Å²) in [7, 11) is 4.35. The van der Waals surface area contributed by atoms with Crippen LogP contribution in [0.5, 0.6) is 0 Å². The van der Waals surface area contributed by atoms with Gasteiger partial charge in [0.1, 0.15) is 5.82 Å². The van der Waals surface area contributed by atoms with E-state index < -0.39 is 0 Å². The Morgan fingerprint density at radius 1 is 1.29 bits per heavy atom. The van der Waals surface area contributed by atoms with E-state index in [9.17, 15) is 0 Å². The fraction of sp³-hybridized carbons (Fsp3) is 0.533. The SMILES string of the molecule is CN1CCN(C)C(Cn2c(CCl)nc3cccc(Cl)c32)C1. The molecule has 0 saturated carbocycles. The molecule has 0 amide bonds. The van der Waals surface area contributed by atoms with Crippen molar-refractivity contribution in [2.45, 2.75) is 18.5 Å². The second-order valence-corrected chi connectivity index (χ2v) is 6.45. The average Bonchev–Trinajstić information content (AvgIpc) is 2.82. The summed E-state index contributed by atoms with van der Waals surface area (Å²) in [6.07, 6.45) is 0. The van der Waals surface area contributed by atoms with Gasteiger partial charge in [0.05, 0.1) is 21.9 Å². The molecule has 1 aromatic carbocycles. The fourth-order valence-corrected chi connectivity index (χ4v) is 3.47. The second-order valence-electron chi connectivity index (χ2n) is 5.78. The van der Waals surface area contributed by atoms with Crippen molar-refractivity contribution in [2.24, 2.45) is 0 Å². The monoisotopic (exact) mass is 326 g/mol. The number of benzene rings is 1. The molecule has 1 fully saturated rings. The third kappa shape index (κ3) is 2.90. The number of hydrogen-bond acceptors (Lipinski definition) is 3. The van der Waals surface area contributed by atoms with Gasteiger partial charge in [0.15, 0.2) is 0 Å². The summed E-state index contributed by atoms with van der Waals surface area (Å²) in [5.41, 5.74) is 1.92. The zero-order valence-corrected chi connectivity index (χ0v) is 13.9. The van der Waals surface area contributed by atoms with Gasteiger partial charge in [-0.15, -0.1) is 11.6 Å². The van der Waals surface area contributed by atoms with E-state index >= 15 is 0 Å². The summed E-state index contributed by atoms with van der Waals surface area (Å²) >= 11 is 12.5. The van der Waals surface area contributed by atoms with E-state index in [0.717, 1.165) is 48.1 Å². The molecule has 1 aromatic heterocycles. The highest BCUT2D eigenvalue weighted by molar-refractivity contribution is 6.35. The highest BCUT2D eigenvalue weighted by atomic mass is 35.5. The smallest absolute Gasteiger partial charge is 0.124 e. The van der Waals surface area contributed by atoms with Crippen molar-refractivity contribution in [3.63, 3.8) is 0 Å². The Labute approximate surface area is 135 Å². The molecule has 1 aliphatic heterocycles. The van der Waals surface area contributed by atoms with Gasteiger partial charge in [0.25, 0.3) is 0 Å². The summed E-state index contributed by atoms with van der Waals surface area (Å²) in [6, 6.07) is 6.28. The number of hydrogen-bond donors (Lipinski definition) is 0. The Morgan fingerprint density at radius 3 is 2.86 bits per heavy atom. The van der Waals surface area contributed by atoms with Crippen LogP contribution in [0.1, 0.15) is 5.82 Å². The lowest BCUT2D eigenvalue weighted by atomic mass is 10.2. The van der Waals surface area contributed by atoms with Gasteiger partial charge in [-0.3, -0.25) is 4.90 Å². The fourth-order valence-electron chi connectivity index (χ4n) is 3.00. The molecule has 0 aliphatic carbocycles. The first-order chi connectivity index (χ1) is 10.1. The predicted octanol–water partition coefficient (Wildman–Crippen LogP) is 2.67. The van der Waals surface area contributed by atoms with Crippen LogP contribution >= 0.6 is 23.2 Å². The summed E-state index contributed by atoms with van der Waals surface area (Å²) in [6.45, 7) is 4.10. The summed E-state index contributed by atoms with van der Waals surface area (Å²) < 4.78 is 2.19. The second kappa shape index (κ2) is 6.13. The zero-order valence-electron chi connectivity index (χ0n) is 12.4. The molecule has 0 bridgehead atoms. The first kappa shape index (κ1) is 15.1. The molecule has 21 heavy (non-hydrogen) atoms. The summed E-state index contributed by atoms with van der Waals surface area (Å²) in [5, 5.41) is 0.739. The third-order valence-electron chi connectivity index (χ3n) is 4.29. The number of piperazine rings is 1. The molecule has 1 aliphatic rings. The van der Waals surface area contributed by atoms with E-state index in [1.54, 1.807) is 0 Å². The van der Waals surface area contributed by atoms with Gasteiger partial charge in [0.2, 0.25) is 0 Å². The van der Waals surface area contributed by atoms with E-state index in [2.05, 4.69) is 33.4 Å². The van der Waals surface area contributed by atoms with Crippen LogP contribution in [0.25, 0.3) is 11.0 Å². The number of likely N-dealkylation sites (N-methyl/N-ethyl adjacent to an activating group) is 2. The lowest BCUT2D eigenvalue weighted by Gasteiger charge is -2.38. The minimum Gasteiger partial charge on any atom is -0.324 e. The number of rotatable bonds is 3. The van der Waals surface area contributed by atoms with Crippen LogP contribution in [0.15, 0.2) is 18.2 Å². The lowest BCUT2D eigenvalue weighted by Crippen LogP contribution is -2.51. The molecule has 2 heterocycles. The molecule has 1 atom stereocenters. The Hall–Kier alpha value is -0.810.